The Hall–Kier alpha value is -0.590. The van der Waals surface area contributed by atoms with Crippen LogP contribution in [-0.2, 0) is 4.79 Å². The predicted molar refractivity (Wildman–Crippen MR) is 66.8 cm³/mol. The van der Waals surface area contributed by atoms with Crippen molar-refractivity contribution in [2.75, 3.05) is 0 Å². The van der Waals surface area contributed by atoms with Crippen LogP contribution in [0.1, 0.15) is 53.9 Å². The minimum absolute atomic E-state index is 0.209. The Bertz CT molecular complexity index is 215. The van der Waals surface area contributed by atoms with Crippen molar-refractivity contribution in [2.24, 2.45) is 17.3 Å². The lowest BCUT2D eigenvalue weighted by Gasteiger charge is -2.38. The van der Waals surface area contributed by atoms with Crippen LogP contribution < -0.4 is 0 Å². The molecule has 0 heterocycles. The normalized spacial score (nSPS) is 28.6. The van der Waals surface area contributed by atoms with Gasteiger partial charge >= 0.3 is 0 Å². The number of allylic oxidation sites excluding steroid dienone is 1. The molecule has 1 rings (SSSR count). The zero-order valence-corrected chi connectivity index (χ0v) is 11.0. The summed E-state index contributed by atoms with van der Waals surface area (Å²) in [6, 6.07) is 0. The van der Waals surface area contributed by atoms with Crippen LogP contribution in [0.25, 0.3) is 0 Å². The van der Waals surface area contributed by atoms with E-state index in [1.165, 1.54) is 12.0 Å². The number of aldehydes is 1. The second-order valence-electron chi connectivity index (χ2n) is 5.16. The highest BCUT2D eigenvalue weighted by Crippen LogP contribution is 2.43. The summed E-state index contributed by atoms with van der Waals surface area (Å²) in [5, 5.41) is 0. The Kier molecular flexibility index (Phi) is 5.85. The fourth-order valence-electron chi connectivity index (χ4n) is 2.40. The van der Waals surface area contributed by atoms with Crippen molar-refractivity contribution in [3.63, 3.8) is 0 Å². The Morgan fingerprint density at radius 1 is 1.40 bits per heavy atom. The predicted octanol–water partition coefficient (Wildman–Crippen LogP) is 4.23. The molecule has 0 aromatic rings. The third-order valence-electron chi connectivity index (χ3n) is 3.25. The van der Waals surface area contributed by atoms with Crippen molar-refractivity contribution in [1.82, 2.24) is 0 Å². The second kappa shape index (κ2) is 6.09. The molecule has 2 atom stereocenters. The maximum absolute atomic E-state index is 10.9. The average molecular weight is 210 g/mol. The molecule has 0 N–H and O–H groups in total. The molecule has 1 heteroatoms. The molecular formula is C14H26O. The number of hydrogen-bond acceptors (Lipinski definition) is 1. The quantitative estimate of drug-likeness (QED) is 0.492. The van der Waals surface area contributed by atoms with E-state index >= 15 is 0 Å². The van der Waals surface area contributed by atoms with E-state index in [9.17, 15) is 4.79 Å². The summed E-state index contributed by atoms with van der Waals surface area (Å²) in [5.74, 6) is 0.645. The van der Waals surface area contributed by atoms with Crippen LogP contribution >= 0.6 is 0 Å². The lowest BCUT2D eigenvalue weighted by molar-refractivity contribution is -0.114. The molecule has 0 bridgehead atoms. The largest absolute Gasteiger partial charge is 0.303 e. The topological polar surface area (TPSA) is 17.1 Å². The van der Waals surface area contributed by atoms with Gasteiger partial charge in [0, 0.05) is 5.92 Å². The van der Waals surface area contributed by atoms with Crippen LogP contribution in [0.15, 0.2) is 12.2 Å². The summed E-state index contributed by atoms with van der Waals surface area (Å²) in [6.45, 7) is 14.5. The van der Waals surface area contributed by atoms with Crippen molar-refractivity contribution < 1.29 is 4.79 Å². The van der Waals surface area contributed by atoms with E-state index in [1.54, 1.807) is 0 Å². The smallest absolute Gasteiger partial charge is 0.123 e. The Balaban J connectivity index is 0.000000921. The standard InChI is InChI=1S/C12H20O.C2H6/c1-9(2)11-5-6-12(3,4)7-10(11)8-13;1-2/h8,10-11H,1,5-7H2,2-4H3;1-2H3. The SMILES string of the molecule is C=C(C)C1CCC(C)(C)CC1C=O.CC. The van der Waals surface area contributed by atoms with Crippen molar-refractivity contribution in [3.05, 3.63) is 12.2 Å². The zero-order valence-electron chi connectivity index (χ0n) is 11.0. The summed E-state index contributed by atoms with van der Waals surface area (Å²) in [6.07, 6.45) is 4.49. The van der Waals surface area contributed by atoms with Crippen molar-refractivity contribution >= 4 is 6.29 Å². The van der Waals surface area contributed by atoms with Gasteiger partial charge in [0.1, 0.15) is 6.29 Å². The number of hydrogen-bond donors (Lipinski definition) is 0. The van der Waals surface area contributed by atoms with E-state index in [4.69, 9.17) is 0 Å². The lowest BCUT2D eigenvalue weighted by Crippen LogP contribution is -2.31. The fraction of sp³-hybridized carbons (Fsp3) is 0.786. The number of carbonyl (C=O) groups excluding carboxylic acids is 1. The van der Waals surface area contributed by atoms with Crippen LogP contribution in [0, 0.1) is 17.3 Å². The molecule has 1 saturated carbocycles. The van der Waals surface area contributed by atoms with Crippen LogP contribution in [0.4, 0.5) is 0 Å². The minimum atomic E-state index is 0.209. The molecular weight excluding hydrogens is 184 g/mol. The molecule has 88 valence electrons. The van der Waals surface area contributed by atoms with Gasteiger partial charge in [-0.25, -0.2) is 0 Å². The summed E-state index contributed by atoms with van der Waals surface area (Å²) < 4.78 is 0. The zero-order chi connectivity index (χ0) is 12.1. The van der Waals surface area contributed by atoms with Crippen LogP contribution in [0.2, 0.25) is 0 Å². The highest BCUT2D eigenvalue weighted by atomic mass is 16.1. The molecule has 0 radical (unpaired) electrons. The van der Waals surface area contributed by atoms with E-state index < -0.39 is 0 Å². The van der Waals surface area contributed by atoms with E-state index in [2.05, 4.69) is 20.4 Å². The van der Waals surface area contributed by atoms with Gasteiger partial charge in [-0.05, 0) is 37.5 Å². The monoisotopic (exact) mass is 210 g/mol. The van der Waals surface area contributed by atoms with Gasteiger partial charge in [0.25, 0.3) is 0 Å². The summed E-state index contributed by atoms with van der Waals surface area (Å²) in [4.78, 5) is 10.9. The average Bonchev–Trinajstić information content (AvgIpc) is 2.18. The minimum Gasteiger partial charge on any atom is -0.303 e. The van der Waals surface area contributed by atoms with Gasteiger partial charge in [0.05, 0.1) is 0 Å². The van der Waals surface area contributed by atoms with Crippen LogP contribution in [-0.4, -0.2) is 6.29 Å². The van der Waals surface area contributed by atoms with Gasteiger partial charge in [-0.15, -0.1) is 0 Å². The third-order valence-corrected chi connectivity index (χ3v) is 3.25. The summed E-state index contributed by atoms with van der Waals surface area (Å²) in [5.41, 5.74) is 1.52. The Morgan fingerprint density at radius 2 is 1.93 bits per heavy atom. The van der Waals surface area contributed by atoms with Gasteiger partial charge in [-0.3, -0.25) is 0 Å². The van der Waals surface area contributed by atoms with E-state index in [0.29, 0.717) is 11.3 Å². The molecule has 1 nitrogen and oxygen atoms in total. The van der Waals surface area contributed by atoms with E-state index in [0.717, 1.165) is 19.1 Å². The Labute approximate surface area is 95.0 Å². The molecule has 1 fully saturated rings. The molecule has 1 aliphatic rings. The van der Waals surface area contributed by atoms with E-state index in [-0.39, 0.29) is 5.92 Å². The van der Waals surface area contributed by atoms with Crippen molar-refractivity contribution in [3.8, 4) is 0 Å². The Morgan fingerprint density at radius 3 is 2.33 bits per heavy atom. The first-order valence-electron chi connectivity index (χ1n) is 6.07. The van der Waals surface area contributed by atoms with Gasteiger partial charge < -0.3 is 4.79 Å². The lowest BCUT2D eigenvalue weighted by atomic mass is 9.66. The van der Waals surface area contributed by atoms with Gasteiger partial charge in [0.2, 0.25) is 0 Å². The molecule has 15 heavy (non-hydrogen) atoms. The molecule has 2 unspecified atom stereocenters. The molecule has 1 aliphatic carbocycles. The van der Waals surface area contributed by atoms with Crippen molar-refractivity contribution in [2.45, 2.75) is 53.9 Å². The first-order valence-corrected chi connectivity index (χ1v) is 6.07. The molecule has 0 aromatic carbocycles. The molecule has 0 aliphatic heterocycles. The van der Waals surface area contributed by atoms with Gasteiger partial charge in [0.15, 0.2) is 0 Å². The third kappa shape index (κ3) is 4.19. The molecule has 0 spiro atoms. The maximum Gasteiger partial charge on any atom is 0.123 e. The molecule has 0 saturated heterocycles. The first kappa shape index (κ1) is 14.4. The van der Waals surface area contributed by atoms with Crippen LogP contribution in [0.3, 0.4) is 0 Å². The number of carbonyl (C=O) groups is 1. The van der Waals surface area contributed by atoms with Crippen LogP contribution in [0.5, 0.6) is 0 Å². The van der Waals surface area contributed by atoms with Gasteiger partial charge in [-0.2, -0.15) is 0 Å². The molecule has 0 amide bonds. The van der Waals surface area contributed by atoms with Crippen molar-refractivity contribution in [1.29, 1.82) is 0 Å². The summed E-state index contributed by atoms with van der Waals surface area (Å²) in [7, 11) is 0. The highest BCUT2D eigenvalue weighted by molar-refractivity contribution is 5.55. The maximum atomic E-state index is 10.9. The van der Waals surface area contributed by atoms with E-state index in [1.807, 2.05) is 20.8 Å². The van der Waals surface area contributed by atoms with Gasteiger partial charge in [-0.1, -0.05) is 39.8 Å². The number of rotatable bonds is 2. The highest BCUT2D eigenvalue weighted by Gasteiger charge is 2.34. The fourth-order valence-corrected chi connectivity index (χ4v) is 2.40. The summed E-state index contributed by atoms with van der Waals surface area (Å²) >= 11 is 0. The second-order valence-corrected chi connectivity index (χ2v) is 5.16. The molecule has 0 aromatic heterocycles. The first-order chi connectivity index (χ1) is 6.96.